The lowest BCUT2D eigenvalue weighted by Gasteiger charge is -2.36. The maximum absolute atomic E-state index is 5.39. The van der Waals surface area contributed by atoms with Crippen LogP contribution < -0.4 is 15.4 Å². The number of hydrogen-bond donors (Lipinski definition) is 2. The Morgan fingerprint density at radius 2 is 2.14 bits per heavy atom. The van der Waals surface area contributed by atoms with Gasteiger partial charge in [-0.2, -0.15) is 0 Å². The summed E-state index contributed by atoms with van der Waals surface area (Å²) in [5, 5.41) is 7.54. The Morgan fingerprint density at radius 3 is 2.93 bits per heavy atom. The molecule has 0 aliphatic carbocycles. The molecule has 3 aromatic rings. The zero-order chi connectivity index (χ0) is 19.3. The maximum atomic E-state index is 5.39. The lowest BCUT2D eigenvalue weighted by Crippen LogP contribution is -2.37. The highest BCUT2D eigenvalue weighted by atomic mass is 16.5. The number of fused-ring (bicyclic) bond motifs is 4. The molecule has 0 unspecified atom stereocenters. The molecule has 146 valence electrons. The van der Waals surface area contributed by atoms with Crippen LogP contribution in [0, 0.1) is 12.8 Å². The molecular weight excluding hydrogens is 348 g/mol. The molecule has 5 heteroatoms. The van der Waals surface area contributed by atoms with Gasteiger partial charge in [0, 0.05) is 24.3 Å². The van der Waals surface area contributed by atoms with Crippen LogP contribution in [0.25, 0.3) is 11.0 Å². The first-order chi connectivity index (χ1) is 13.7. The number of hydrogen-bond acceptors (Lipinski definition) is 4. The highest BCUT2D eigenvalue weighted by Gasteiger charge is 2.39. The molecule has 1 saturated heterocycles. The van der Waals surface area contributed by atoms with Crippen molar-refractivity contribution in [3.05, 3.63) is 53.3 Å². The van der Waals surface area contributed by atoms with Crippen LogP contribution in [0.1, 0.15) is 42.5 Å². The van der Waals surface area contributed by atoms with Crippen LogP contribution in [-0.2, 0) is 6.54 Å². The van der Waals surface area contributed by atoms with Gasteiger partial charge in [0.25, 0.3) is 0 Å². The maximum Gasteiger partial charge on any atom is 0.121 e. The largest absolute Gasteiger partial charge is 0.496 e. The highest BCUT2D eigenvalue weighted by Crippen LogP contribution is 2.43. The fourth-order valence-electron chi connectivity index (χ4n) is 5.07. The standard InChI is InChI=1S/C23H28N4O/c1-4-18-16-7-8-24-23(16)17-10-20-21(11-19(17)26-18)27(13-25-20)12-15-5-6-22(28-3)14(2)9-15/h5-6,9-11,13,16,18,23-24,26H,4,7-8,12H2,1-3H3/t16-,18-,23-/m0/s1. The van der Waals surface area contributed by atoms with E-state index >= 15 is 0 Å². The second-order valence-corrected chi connectivity index (χ2v) is 8.15. The molecule has 3 heterocycles. The molecule has 2 aliphatic heterocycles. The van der Waals surface area contributed by atoms with Gasteiger partial charge in [-0.3, -0.25) is 0 Å². The highest BCUT2D eigenvalue weighted by molar-refractivity contribution is 5.83. The second kappa shape index (κ2) is 6.82. The molecule has 2 N–H and O–H groups in total. The third-order valence-corrected chi connectivity index (χ3v) is 6.51. The van der Waals surface area contributed by atoms with E-state index in [9.17, 15) is 0 Å². The van der Waals surface area contributed by atoms with Gasteiger partial charge in [-0.05, 0) is 67.1 Å². The Balaban J connectivity index is 1.52. The zero-order valence-corrected chi connectivity index (χ0v) is 16.8. The summed E-state index contributed by atoms with van der Waals surface area (Å²) in [5.41, 5.74) is 7.33. The average molecular weight is 377 g/mol. The summed E-state index contributed by atoms with van der Waals surface area (Å²) in [6.07, 6.45) is 4.37. The van der Waals surface area contributed by atoms with Crippen molar-refractivity contribution >= 4 is 16.7 Å². The fraction of sp³-hybridized carbons (Fsp3) is 0.435. The summed E-state index contributed by atoms with van der Waals surface area (Å²) in [6.45, 7) is 6.29. The molecule has 5 nitrogen and oxygen atoms in total. The SMILES string of the molecule is CC[C@@H]1Nc2cc3c(cc2[C@H]2NCC[C@@H]12)ncn3Cc1ccc(OC)c(C)c1. The third-order valence-electron chi connectivity index (χ3n) is 6.51. The van der Waals surface area contributed by atoms with E-state index in [0.29, 0.717) is 18.0 Å². The Hall–Kier alpha value is -2.53. The van der Waals surface area contributed by atoms with Crippen LogP contribution in [0.3, 0.4) is 0 Å². The van der Waals surface area contributed by atoms with Crippen molar-refractivity contribution in [3.63, 3.8) is 0 Å². The van der Waals surface area contributed by atoms with E-state index in [0.717, 1.165) is 36.3 Å². The molecule has 0 spiro atoms. The number of aromatic nitrogens is 2. The molecule has 0 saturated carbocycles. The molecule has 5 rings (SSSR count). The van der Waals surface area contributed by atoms with Crippen LogP contribution in [0.5, 0.6) is 5.75 Å². The predicted octanol–water partition coefficient (Wildman–Crippen LogP) is 4.26. The molecule has 28 heavy (non-hydrogen) atoms. The van der Waals surface area contributed by atoms with Gasteiger partial charge >= 0.3 is 0 Å². The number of imidazole rings is 1. The van der Waals surface area contributed by atoms with Crippen molar-refractivity contribution in [1.82, 2.24) is 14.9 Å². The van der Waals surface area contributed by atoms with E-state index < -0.39 is 0 Å². The van der Waals surface area contributed by atoms with Gasteiger partial charge in [0.05, 0.1) is 24.5 Å². The first-order valence-electron chi connectivity index (χ1n) is 10.3. The predicted molar refractivity (Wildman–Crippen MR) is 113 cm³/mol. The van der Waals surface area contributed by atoms with Crippen LogP contribution >= 0.6 is 0 Å². The Bertz CT molecular complexity index is 1020. The third kappa shape index (κ3) is 2.76. The van der Waals surface area contributed by atoms with Gasteiger partial charge in [0.2, 0.25) is 0 Å². The normalized spacial score (nSPS) is 23.3. The number of rotatable bonds is 4. The van der Waals surface area contributed by atoms with Gasteiger partial charge in [-0.1, -0.05) is 19.1 Å². The molecule has 1 fully saturated rings. The number of benzene rings is 2. The smallest absolute Gasteiger partial charge is 0.121 e. The van der Waals surface area contributed by atoms with E-state index in [2.05, 4.69) is 53.3 Å². The minimum Gasteiger partial charge on any atom is -0.496 e. The topological polar surface area (TPSA) is 51.1 Å². The first kappa shape index (κ1) is 17.6. The minimum absolute atomic E-state index is 0.458. The molecule has 3 atom stereocenters. The number of methoxy groups -OCH3 is 1. The van der Waals surface area contributed by atoms with Crippen LogP contribution in [0.2, 0.25) is 0 Å². The zero-order valence-electron chi connectivity index (χ0n) is 16.8. The van der Waals surface area contributed by atoms with E-state index in [1.807, 2.05) is 12.4 Å². The molecule has 0 radical (unpaired) electrons. The summed E-state index contributed by atoms with van der Waals surface area (Å²) in [5.74, 6) is 1.61. The quantitative estimate of drug-likeness (QED) is 0.714. The van der Waals surface area contributed by atoms with Crippen molar-refractivity contribution in [2.24, 2.45) is 5.92 Å². The van der Waals surface area contributed by atoms with E-state index in [-0.39, 0.29) is 0 Å². The summed E-state index contributed by atoms with van der Waals surface area (Å²) < 4.78 is 7.63. The Morgan fingerprint density at radius 1 is 1.25 bits per heavy atom. The number of ether oxygens (including phenoxy) is 1. The van der Waals surface area contributed by atoms with E-state index in [1.165, 1.54) is 28.8 Å². The lowest BCUT2D eigenvalue weighted by atomic mass is 9.82. The van der Waals surface area contributed by atoms with Crippen LogP contribution in [0.15, 0.2) is 36.7 Å². The van der Waals surface area contributed by atoms with E-state index in [1.54, 1.807) is 7.11 Å². The molecule has 0 amide bonds. The van der Waals surface area contributed by atoms with Crippen LogP contribution in [0.4, 0.5) is 5.69 Å². The Labute approximate surface area is 166 Å². The number of nitrogens with one attached hydrogen (secondary N) is 2. The number of anilines is 1. The van der Waals surface area contributed by atoms with Gasteiger partial charge in [0.15, 0.2) is 0 Å². The number of aryl methyl sites for hydroxylation is 1. The van der Waals surface area contributed by atoms with Crippen molar-refractivity contribution in [2.45, 2.75) is 45.3 Å². The van der Waals surface area contributed by atoms with Crippen molar-refractivity contribution in [3.8, 4) is 5.75 Å². The van der Waals surface area contributed by atoms with Crippen molar-refractivity contribution in [1.29, 1.82) is 0 Å². The summed E-state index contributed by atoms with van der Waals surface area (Å²) in [6, 6.07) is 12.0. The molecular formula is C23H28N4O. The summed E-state index contributed by atoms with van der Waals surface area (Å²) in [7, 11) is 1.72. The summed E-state index contributed by atoms with van der Waals surface area (Å²) in [4.78, 5) is 4.72. The molecule has 2 aliphatic rings. The minimum atomic E-state index is 0.458. The molecule has 0 bridgehead atoms. The van der Waals surface area contributed by atoms with Gasteiger partial charge in [-0.25, -0.2) is 4.98 Å². The second-order valence-electron chi connectivity index (χ2n) is 8.15. The van der Waals surface area contributed by atoms with E-state index in [4.69, 9.17) is 9.72 Å². The van der Waals surface area contributed by atoms with Crippen molar-refractivity contribution in [2.75, 3.05) is 19.0 Å². The van der Waals surface area contributed by atoms with Gasteiger partial charge in [-0.15, -0.1) is 0 Å². The van der Waals surface area contributed by atoms with Crippen LogP contribution in [-0.4, -0.2) is 29.2 Å². The molecule has 1 aromatic heterocycles. The van der Waals surface area contributed by atoms with Gasteiger partial charge in [0.1, 0.15) is 5.75 Å². The summed E-state index contributed by atoms with van der Waals surface area (Å²) >= 11 is 0. The van der Waals surface area contributed by atoms with Crippen molar-refractivity contribution < 1.29 is 4.74 Å². The fourth-order valence-corrected chi connectivity index (χ4v) is 5.07. The first-order valence-corrected chi connectivity index (χ1v) is 10.3. The number of nitrogens with zero attached hydrogens (tertiary/aromatic N) is 2. The Kier molecular flexibility index (Phi) is 4.27. The van der Waals surface area contributed by atoms with Gasteiger partial charge < -0.3 is 19.9 Å². The average Bonchev–Trinajstić information content (AvgIpc) is 3.34. The lowest BCUT2D eigenvalue weighted by molar-refractivity contribution is 0.377. The monoisotopic (exact) mass is 376 g/mol. The molecule has 2 aromatic carbocycles.